The normalized spacial score (nSPS) is 15.6. The zero-order valence-electron chi connectivity index (χ0n) is 15.8. The maximum Gasteiger partial charge on any atom is 0.248 e. The summed E-state index contributed by atoms with van der Waals surface area (Å²) in [5, 5.41) is 3.87. The summed E-state index contributed by atoms with van der Waals surface area (Å²) in [6.45, 7) is 1.93. The quantitative estimate of drug-likeness (QED) is 0.700. The van der Waals surface area contributed by atoms with Crippen LogP contribution in [-0.4, -0.2) is 51.1 Å². The van der Waals surface area contributed by atoms with E-state index in [0.717, 1.165) is 5.69 Å². The molecular formula is C20H21Cl2N3O3S. The molecule has 0 spiro atoms. The molecule has 2 aromatic rings. The molecule has 29 heavy (non-hydrogen) atoms. The molecular weight excluding hydrogens is 433 g/mol. The Balaban J connectivity index is 1.69. The number of anilines is 2. The van der Waals surface area contributed by atoms with Gasteiger partial charge >= 0.3 is 0 Å². The first-order valence-corrected chi connectivity index (χ1v) is 11.6. The molecule has 3 rings (SSSR count). The van der Waals surface area contributed by atoms with Gasteiger partial charge in [0.1, 0.15) is 0 Å². The van der Waals surface area contributed by atoms with Gasteiger partial charge in [0.05, 0.1) is 17.6 Å². The van der Waals surface area contributed by atoms with E-state index in [1.165, 1.54) is 16.6 Å². The third kappa shape index (κ3) is 5.73. The summed E-state index contributed by atoms with van der Waals surface area (Å²) in [4.78, 5) is 14.5. The smallest absolute Gasteiger partial charge is 0.248 e. The van der Waals surface area contributed by atoms with Crippen LogP contribution in [0.25, 0.3) is 6.08 Å². The molecule has 1 aliphatic heterocycles. The maximum atomic E-state index is 12.4. The number of nitrogens with zero attached hydrogens (tertiary/aromatic N) is 2. The molecule has 0 saturated carbocycles. The summed E-state index contributed by atoms with van der Waals surface area (Å²) in [5.41, 5.74) is 2.21. The van der Waals surface area contributed by atoms with E-state index in [1.807, 2.05) is 24.3 Å². The Hall–Kier alpha value is -2.06. The van der Waals surface area contributed by atoms with E-state index in [0.29, 0.717) is 47.5 Å². The van der Waals surface area contributed by atoms with Gasteiger partial charge in [0, 0.05) is 42.3 Å². The van der Waals surface area contributed by atoms with Crippen molar-refractivity contribution in [2.24, 2.45) is 0 Å². The molecule has 1 amide bonds. The Labute approximate surface area is 180 Å². The van der Waals surface area contributed by atoms with Crippen LogP contribution in [0.5, 0.6) is 0 Å². The molecule has 0 aliphatic carbocycles. The van der Waals surface area contributed by atoms with Gasteiger partial charge < -0.3 is 10.2 Å². The number of sulfonamides is 1. The first-order valence-electron chi connectivity index (χ1n) is 8.97. The minimum Gasteiger partial charge on any atom is -0.367 e. The number of rotatable bonds is 5. The molecule has 154 valence electrons. The fraction of sp³-hybridized carbons (Fsp3) is 0.250. The minimum absolute atomic E-state index is 0.293. The summed E-state index contributed by atoms with van der Waals surface area (Å²) in [7, 11) is -3.19. The zero-order chi connectivity index (χ0) is 21.0. The van der Waals surface area contributed by atoms with Crippen molar-refractivity contribution in [2.45, 2.75) is 0 Å². The predicted octanol–water partition coefficient (Wildman–Crippen LogP) is 3.73. The summed E-state index contributed by atoms with van der Waals surface area (Å²) in [5.74, 6) is -0.293. The van der Waals surface area contributed by atoms with Gasteiger partial charge in [-0.3, -0.25) is 4.79 Å². The molecule has 1 N–H and O–H groups in total. The van der Waals surface area contributed by atoms with Gasteiger partial charge in [0.2, 0.25) is 15.9 Å². The lowest BCUT2D eigenvalue weighted by molar-refractivity contribution is -0.111. The molecule has 0 atom stereocenters. The number of nitrogens with one attached hydrogen (secondary N) is 1. The first-order chi connectivity index (χ1) is 13.7. The Morgan fingerprint density at radius 1 is 1.07 bits per heavy atom. The molecule has 2 aromatic carbocycles. The predicted molar refractivity (Wildman–Crippen MR) is 119 cm³/mol. The van der Waals surface area contributed by atoms with Crippen LogP contribution >= 0.6 is 23.2 Å². The van der Waals surface area contributed by atoms with Crippen LogP contribution in [0, 0.1) is 0 Å². The van der Waals surface area contributed by atoms with Crippen molar-refractivity contribution < 1.29 is 13.2 Å². The van der Waals surface area contributed by atoms with E-state index in [2.05, 4.69) is 10.2 Å². The number of halogens is 2. The highest BCUT2D eigenvalue weighted by Gasteiger charge is 2.24. The van der Waals surface area contributed by atoms with Crippen molar-refractivity contribution in [1.82, 2.24) is 4.31 Å². The fourth-order valence-corrected chi connectivity index (χ4v) is 4.39. The van der Waals surface area contributed by atoms with E-state index < -0.39 is 10.0 Å². The van der Waals surface area contributed by atoms with Crippen molar-refractivity contribution >= 4 is 56.6 Å². The Morgan fingerprint density at radius 3 is 2.41 bits per heavy atom. The van der Waals surface area contributed by atoms with Gasteiger partial charge in [-0.25, -0.2) is 8.42 Å². The molecule has 1 heterocycles. The van der Waals surface area contributed by atoms with Gasteiger partial charge in [-0.15, -0.1) is 0 Å². The summed E-state index contributed by atoms with van der Waals surface area (Å²) in [6, 6.07) is 12.5. The SMILES string of the molecule is CS(=O)(=O)N1CCN(c2ccccc2NC(=O)/C=C/c2ccc(Cl)cc2Cl)CC1. The van der Waals surface area contributed by atoms with E-state index in [-0.39, 0.29) is 5.91 Å². The lowest BCUT2D eigenvalue weighted by Gasteiger charge is -2.35. The molecule has 0 aromatic heterocycles. The third-order valence-electron chi connectivity index (χ3n) is 4.59. The van der Waals surface area contributed by atoms with E-state index in [4.69, 9.17) is 23.2 Å². The number of hydrogen-bond donors (Lipinski definition) is 1. The van der Waals surface area contributed by atoms with Crippen LogP contribution in [0.2, 0.25) is 10.0 Å². The second kappa shape index (κ2) is 9.17. The van der Waals surface area contributed by atoms with Crippen molar-refractivity contribution in [3.05, 3.63) is 64.1 Å². The number of para-hydroxylation sites is 2. The second-order valence-electron chi connectivity index (χ2n) is 6.65. The lowest BCUT2D eigenvalue weighted by Crippen LogP contribution is -2.48. The van der Waals surface area contributed by atoms with E-state index in [9.17, 15) is 13.2 Å². The molecule has 1 aliphatic rings. The molecule has 1 fully saturated rings. The van der Waals surface area contributed by atoms with Crippen molar-refractivity contribution in [2.75, 3.05) is 42.7 Å². The Kier molecular flexibility index (Phi) is 6.85. The highest BCUT2D eigenvalue weighted by atomic mass is 35.5. The van der Waals surface area contributed by atoms with Gasteiger partial charge in [0.25, 0.3) is 0 Å². The number of amides is 1. The number of piperazine rings is 1. The molecule has 0 bridgehead atoms. The summed E-state index contributed by atoms with van der Waals surface area (Å²) < 4.78 is 24.9. The molecule has 6 nitrogen and oxygen atoms in total. The first kappa shape index (κ1) is 21.6. The van der Waals surface area contributed by atoms with Crippen molar-refractivity contribution in [3.63, 3.8) is 0 Å². The van der Waals surface area contributed by atoms with Crippen molar-refractivity contribution in [1.29, 1.82) is 0 Å². The average Bonchev–Trinajstić information content (AvgIpc) is 2.67. The van der Waals surface area contributed by atoms with E-state index in [1.54, 1.807) is 24.3 Å². The van der Waals surface area contributed by atoms with Gasteiger partial charge in [-0.2, -0.15) is 4.31 Å². The Morgan fingerprint density at radius 2 is 1.76 bits per heavy atom. The van der Waals surface area contributed by atoms with Crippen LogP contribution in [0.4, 0.5) is 11.4 Å². The van der Waals surface area contributed by atoms with E-state index >= 15 is 0 Å². The second-order valence-corrected chi connectivity index (χ2v) is 9.48. The summed E-state index contributed by atoms with van der Waals surface area (Å²) in [6.07, 6.45) is 4.26. The fourth-order valence-electron chi connectivity index (χ4n) is 3.09. The largest absolute Gasteiger partial charge is 0.367 e. The highest BCUT2D eigenvalue weighted by molar-refractivity contribution is 7.88. The Bertz CT molecular complexity index is 1030. The molecule has 9 heteroatoms. The monoisotopic (exact) mass is 453 g/mol. The number of carbonyl (C=O) groups is 1. The number of benzene rings is 2. The topological polar surface area (TPSA) is 69.7 Å². The van der Waals surface area contributed by atoms with Gasteiger partial charge in [-0.1, -0.05) is 41.4 Å². The van der Waals surface area contributed by atoms with Crippen molar-refractivity contribution in [3.8, 4) is 0 Å². The number of carbonyl (C=O) groups excluding carboxylic acids is 1. The third-order valence-corrected chi connectivity index (χ3v) is 6.45. The molecule has 0 unspecified atom stereocenters. The lowest BCUT2D eigenvalue weighted by atomic mass is 10.2. The average molecular weight is 454 g/mol. The van der Waals surface area contributed by atoms with Crippen LogP contribution < -0.4 is 10.2 Å². The molecule has 1 saturated heterocycles. The van der Waals surface area contributed by atoms with Crippen LogP contribution in [0.15, 0.2) is 48.5 Å². The van der Waals surface area contributed by atoms with Crippen LogP contribution in [0.3, 0.4) is 0 Å². The molecule has 0 radical (unpaired) electrons. The zero-order valence-corrected chi connectivity index (χ0v) is 18.1. The van der Waals surface area contributed by atoms with Crippen LogP contribution in [0.1, 0.15) is 5.56 Å². The standard InChI is InChI=1S/C20H21Cl2N3O3S/c1-29(27,28)25-12-10-24(11-13-25)19-5-3-2-4-18(19)23-20(26)9-7-15-6-8-16(21)14-17(15)22/h2-9,14H,10-13H2,1H3,(H,23,26)/b9-7+. The number of hydrogen-bond acceptors (Lipinski definition) is 4. The summed E-state index contributed by atoms with van der Waals surface area (Å²) >= 11 is 12.0. The van der Waals surface area contributed by atoms with Crippen LogP contribution in [-0.2, 0) is 14.8 Å². The highest BCUT2D eigenvalue weighted by Crippen LogP contribution is 2.27. The van der Waals surface area contributed by atoms with Gasteiger partial charge in [-0.05, 0) is 35.9 Å². The maximum absolute atomic E-state index is 12.4. The van der Waals surface area contributed by atoms with Gasteiger partial charge in [0.15, 0.2) is 0 Å². The minimum atomic E-state index is -3.19.